The molecule has 2 heterocycles. The number of hydrogen-bond donors (Lipinski definition) is 0. The van der Waals surface area contributed by atoms with Gasteiger partial charge < -0.3 is 4.57 Å². The Hall–Kier alpha value is -5.19. The smallest absolute Gasteiger partial charge is 0.0999 e. The summed E-state index contributed by atoms with van der Waals surface area (Å²) in [6.45, 7) is 0. The summed E-state index contributed by atoms with van der Waals surface area (Å²) in [7, 11) is 0. The van der Waals surface area contributed by atoms with E-state index < -0.39 is 0 Å². The standard InChI is InChI=1S/C31H18N4/c32-18-21-8-13-31-28(16-21)27-6-1-2-7-30(27)35(31)26-5-3-4-24(17-26)22-9-11-23(12-10-22)29-20-34-15-14-25(29)19-33/h1-17,20H. The molecule has 35 heavy (non-hydrogen) atoms. The van der Waals surface area contributed by atoms with Gasteiger partial charge in [-0.2, -0.15) is 10.5 Å². The predicted molar refractivity (Wildman–Crippen MR) is 139 cm³/mol. The van der Waals surface area contributed by atoms with Crippen molar-refractivity contribution in [2.75, 3.05) is 0 Å². The van der Waals surface area contributed by atoms with Crippen molar-refractivity contribution in [3.8, 4) is 40.1 Å². The summed E-state index contributed by atoms with van der Waals surface area (Å²) >= 11 is 0. The minimum absolute atomic E-state index is 0.612. The van der Waals surface area contributed by atoms with Gasteiger partial charge in [0.25, 0.3) is 0 Å². The van der Waals surface area contributed by atoms with E-state index in [1.165, 1.54) is 0 Å². The average Bonchev–Trinajstić information content (AvgIpc) is 3.27. The minimum Gasteiger partial charge on any atom is -0.309 e. The molecule has 0 radical (unpaired) electrons. The molecule has 2 aromatic heterocycles. The van der Waals surface area contributed by atoms with Crippen molar-refractivity contribution in [3.63, 3.8) is 0 Å². The minimum atomic E-state index is 0.612. The number of hydrogen-bond acceptors (Lipinski definition) is 3. The molecule has 6 aromatic rings. The lowest BCUT2D eigenvalue weighted by Gasteiger charge is -2.11. The molecule has 0 spiro atoms. The number of rotatable bonds is 3. The second-order valence-corrected chi connectivity index (χ2v) is 8.36. The van der Waals surface area contributed by atoms with Crippen LogP contribution in [0.3, 0.4) is 0 Å². The van der Waals surface area contributed by atoms with Crippen LogP contribution in [-0.2, 0) is 0 Å². The lowest BCUT2D eigenvalue weighted by molar-refractivity contribution is 1.18. The second kappa shape index (κ2) is 8.30. The number of aromatic nitrogens is 2. The van der Waals surface area contributed by atoms with Crippen molar-refractivity contribution >= 4 is 21.8 Å². The molecule has 0 aliphatic carbocycles. The number of pyridine rings is 1. The van der Waals surface area contributed by atoms with Crippen LogP contribution in [0.5, 0.6) is 0 Å². The largest absolute Gasteiger partial charge is 0.309 e. The van der Waals surface area contributed by atoms with Gasteiger partial charge in [0.15, 0.2) is 0 Å². The van der Waals surface area contributed by atoms with Crippen LogP contribution < -0.4 is 0 Å². The first-order valence-electron chi connectivity index (χ1n) is 11.3. The van der Waals surface area contributed by atoms with Gasteiger partial charge in [-0.1, -0.05) is 54.6 Å². The number of nitrogens with zero attached hydrogens (tertiary/aromatic N) is 4. The maximum absolute atomic E-state index is 9.42. The second-order valence-electron chi connectivity index (χ2n) is 8.36. The number of benzene rings is 4. The molecule has 0 saturated heterocycles. The summed E-state index contributed by atoms with van der Waals surface area (Å²) in [5.41, 5.74) is 8.47. The van der Waals surface area contributed by atoms with E-state index >= 15 is 0 Å². The Morgan fingerprint density at radius 3 is 2.26 bits per heavy atom. The third-order valence-electron chi connectivity index (χ3n) is 6.38. The van der Waals surface area contributed by atoms with Crippen LogP contribution in [0.1, 0.15) is 11.1 Å². The van der Waals surface area contributed by atoms with Crippen LogP contribution in [0.25, 0.3) is 49.7 Å². The maximum Gasteiger partial charge on any atom is 0.0999 e. The molecule has 0 N–H and O–H groups in total. The van der Waals surface area contributed by atoms with Crippen molar-refractivity contribution in [2.24, 2.45) is 0 Å². The van der Waals surface area contributed by atoms with Crippen LogP contribution in [0.15, 0.2) is 109 Å². The Kier molecular flexibility index (Phi) is 4.84. The van der Waals surface area contributed by atoms with Gasteiger partial charge in [0, 0.05) is 34.4 Å². The molecule has 0 amide bonds. The Morgan fingerprint density at radius 2 is 1.43 bits per heavy atom. The Balaban J connectivity index is 1.47. The fourth-order valence-corrected chi connectivity index (χ4v) is 4.71. The van der Waals surface area contributed by atoms with Crippen LogP contribution >= 0.6 is 0 Å². The lowest BCUT2D eigenvalue weighted by atomic mass is 9.98. The van der Waals surface area contributed by atoms with Gasteiger partial charge >= 0.3 is 0 Å². The Morgan fingerprint density at radius 1 is 0.629 bits per heavy atom. The van der Waals surface area contributed by atoms with Crippen LogP contribution in [0.2, 0.25) is 0 Å². The van der Waals surface area contributed by atoms with Gasteiger partial charge in [-0.15, -0.1) is 0 Å². The molecule has 4 heteroatoms. The van der Waals surface area contributed by atoms with Gasteiger partial charge in [0.1, 0.15) is 0 Å². The zero-order chi connectivity index (χ0) is 23.8. The van der Waals surface area contributed by atoms with E-state index in [1.807, 2.05) is 42.5 Å². The topological polar surface area (TPSA) is 65.4 Å². The first kappa shape index (κ1) is 20.4. The van der Waals surface area contributed by atoms with E-state index in [4.69, 9.17) is 0 Å². The van der Waals surface area contributed by atoms with Crippen LogP contribution in [0, 0.1) is 22.7 Å². The molecule has 0 aliphatic heterocycles. The summed E-state index contributed by atoms with van der Waals surface area (Å²) in [5.74, 6) is 0. The first-order valence-corrected chi connectivity index (χ1v) is 11.3. The Bertz CT molecular complexity index is 1810. The van der Waals surface area contributed by atoms with Crippen molar-refractivity contribution in [1.29, 1.82) is 10.5 Å². The molecular weight excluding hydrogens is 428 g/mol. The highest BCUT2D eigenvalue weighted by atomic mass is 15.0. The third-order valence-corrected chi connectivity index (χ3v) is 6.38. The van der Waals surface area contributed by atoms with E-state index in [1.54, 1.807) is 18.5 Å². The third kappa shape index (κ3) is 3.42. The van der Waals surface area contributed by atoms with E-state index in [0.717, 1.165) is 49.7 Å². The van der Waals surface area contributed by atoms with Crippen LogP contribution in [0.4, 0.5) is 0 Å². The highest BCUT2D eigenvalue weighted by molar-refractivity contribution is 6.09. The maximum atomic E-state index is 9.42. The monoisotopic (exact) mass is 446 g/mol. The normalized spacial score (nSPS) is 10.8. The summed E-state index contributed by atoms with van der Waals surface area (Å²) in [4.78, 5) is 4.18. The number of nitriles is 2. The fourth-order valence-electron chi connectivity index (χ4n) is 4.71. The summed E-state index contributed by atoms with van der Waals surface area (Å²) < 4.78 is 2.25. The number of fused-ring (bicyclic) bond motifs is 3. The molecule has 0 saturated carbocycles. The van der Waals surface area contributed by atoms with Gasteiger partial charge in [0.2, 0.25) is 0 Å². The quantitative estimate of drug-likeness (QED) is 0.287. The van der Waals surface area contributed by atoms with Gasteiger partial charge in [-0.25, -0.2) is 0 Å². The lowest BCUT2D eigenvalue weighted by Crippen LogP contribution is -1.94. The van der Waals surface area contributed by atoms with Crippen molar-refractivity contribution in [1.82, 2.24) is 9.55 Å². The van der Waals surface area contributed by atoms with Gasteiger partial charge in [-0.05, 0) is 59.2 Å². The molecule has 0 atom stereocenters. The summed E-state index contributed by atoms with van der Waals surface area (Å²) in [6.07, 6.45) is 3.37. The van der Waals surface area contributed by atoms with E-state index in [2.05, 4.69) is 70.2 Å². The van der Waals surface area contributed by atoms with Gasteiger partial charge in [0.05, 0.1) is 34.3 Å². The van der Waals surface area contributed by atoms with Crippen LogP contribution in [-0.4, -0.2) is 9.55 Å². The molecule has 4 aromatic carbocycles. The van der Waals surface area contributed by atoms with Gasteiger partial charge in [-0.3, -0.25) is 4.98 Å². The predicted octanol–water partition coefficient (Wildman–Crippen LogP) is 7.26. The van der Waals surface area contributed by atoms with Crippen molar-refractivity contribution in [3.05, 3.63) is 121 Å². The highest BCUT2D eigenvalue weighted by Crippen LogP contribution is 2.34. The molecule has 0 bridgehead atoms. The van der Waals surface area contributed by atoms with E-state index in [9.17, 15) is 10.5 Å². The zero-order valence-corrected chi connectivity index (χ0v) is 18.7. The summed E-state index contributed by atoms with van der Waals surface area (Å²) in [6, 6.07) is 37.1. The van der Waals surface area contributed by atoms with Crippen molar-refractivity contribution in [2.45, 2.75) is 0 Å². The van der Waals surface area contributed by atoms with E-state index in [0.29, 0.717) is 11.1 Å². The highest BCUT2D eigenvalue weighted by Gasteiger charge is 2.13. The Labute approximate surface area is 202 Å². The molecule has 4 nitrogen and oxygen atoms in total. The SMILES string of the molecule is N#Cc1ccc2c(c1)c1ccccc1n2-c1cccc(-c2ccc(-c3cnccc3C#N)cc2)c1. The van der Waals surface area contributed by atoms with E-state index in [-0.39, 0.29) is 0 Å². The molecular formula is C31H18N4. The molecule has 162 valence electrons. The average molecular weight is 447 g/mol. The molecule has 0 aliphatic rings. The summed E-state index contributed by atoms with van der Waals surface area (Å²) in [5, 5.41) is 21.0. The fraction of sp³-hybridized carbons (Fsp3) is 0. The molecule has 0 fully saturated rings. The molecule has 6 rings (SSSR count). The first-order chi connectivity index (χ1) is 17.3. The molecule has 0 unspecified atom stereocenters. The van der Waals surface area contributed by atoms with Crippen molar-refractivity contribution < 1.29 is 0 Å². The zero-order valence-electron chi connectivity index (χ0n) is 18.7. The number of para-hydroxylation sites is 1.